The van der Waals surface area contributed by atoms with Crippen molar-refractivity contribution in [1.82, 2.24) is 4.72 Å². The molecule has 0 aromatic heterocycles. The smallest absolute Gasteiger partial charge is 0.306 e. The Morgan fingerprint density at radius 1 is 1.11 bits per heavy atom. The Hall–Kier alpha value is -1.99. The maximum Gasteiger partial charge on any atom is 0.306 e. The van der Waals surface area contributed by atoms with Gasteiger partial charge in [0.2, 0.25) is 10.0 Å². The van der Waals surface area contributed by atoms with E-state index >= 15 is 0 Å². The molecular formula is C27H35NO8S2. The molecule has 2 heterocycles. The van der Waals surface area contributed by atoms with Gasteiger partial charge in [0.15, 0.2) is 12.1 Å². The number of aryl methyl sites for hydroxylation is 1. The van der Waals surface area contributed by atoms with Crippen LogP contribution in [0, 0.1) is 6.92 Å². The third-order valence-corrected chi connectivity index (χ3v) is 8.92. The predicted molar refractivity (Wildman–Crippen MR) is 143 cm³/mol. The third-order valence-electron chi connectivity index (χ3n) is 6.32. The number of rotatable bonds is 12. The summed E-state index contributed by atoms with van der Waals surface area (Å²) in [7, 11) is -2.54. The van der Waals surface area contributed by atoms with E-state index < -0.39 is 46.5 Å². The second-order valence-corrected chi connectivity index (χ2v) is 12.6. The summed E-state index contributed by atoms with van der Waals surface area (Å²) in [5.41, 5.74) is 1.93. The van der Waals surface area contributed by atoms with Gasteiger partial charge >= 0.3 is 5.97 Å². The van der Waals surface area contributed by atoms with Gasteiger partial charge < -0.3 is 23.7 Å². The molecule has 0 amide bonds. The lowest BCUT2D eigenvalue weighted by molar-refractivity contribution is -0.221. The quantitative estimate of drug-likeness (QED) is 0.306. The van der Waals surface area contributed by atoms with Gasteiger partial charge in [0.05, 0.1) is 31.1 Å². The first-order valence-electron chi connectivity index (χ1n) is 12.5. The molecule has 0 radical (unpaired) electrons. The Bertz CT molecular complexity index is 1170. The molecule has 0 saturated carbocycles. The largest absolute Gasteiger partial charge is 0.469 e. The highest BCUT2D eigenvalue weighted by Gasteiger charge is 2.57. The van der Waals surface area contributed by atoms with Crippen molar-refractivity contribution in [3.8, 4) is 0 Å². The minimum atomic E-state index is -3.88. The zero-order chi connectivity index (χ0) is 27.3. The lowest BCUT2D eigenvalue weighted by Gasteiger charge is -2.31. The third kappa shape index (κ3) is 7.35. The molecule has 0 bridgehead atoms. The van der Waals surface area contributed by atoms with Gasteiger partial charge in [-0.05, 0) is 38.5 Å². The molecule has 38 heavy (non-hydrogen) atoms. The lowest BCUT2D eigenvalue weighted by atomic mass is 10.1. The second kappa shape index (κ2) is 12.5. The lowest BCUT2D eigenvalue weighted by Crippen LogP contribution is -2.51. The highest BCUT2D eigenvalue weighted by atomic mass is 32.2. The summed E-state index contributed by atoms with van der Waals surface area (Å²) in [4.78, 5) is 11.7. The van der Waals surface area contributed by atoms with Crippen molar-refractivity contribution < 1.29 is 36.9 Å². The summed E-state index contributed by atoms with van der Waals surface area (Å²) in [5, 5.41) is 0. The van der Waals surface area contributed by atoms with Crippen molar-refractivity contribution in [3.05, 3.63) is 65.7 Å². The van der Waals surface area contributed by atoms with Crippen LogP contribution in [0.5, 0.6) is 0 Å². The van der Waals surface area contributed by atoms with Gasteiger partial charge in [0.1, 0.15) is 18.3 Å². The van der Waals surface area contributed by atoms with E-state index in [1.807, 2.05) is 37.3 Å². The number of ether oxygens (including phenoxy) is 5. The number of carbonyl (C=O) groups is 1. The first-order chi connectivity index (χ1) is 18.1. The summed E-state index contributed by atoms with van der Waals surface area (Å²) in [6, 6.07) is 15.7. The Kier molecular flexibility index (Phi) is 9.51. The fraction of sp³-hybridized carbons (Fsp3) is 0.519. The Balaban J connectivity index is 1.57. The maximum atomic E-state index is 13.4. The fourth-order valence-corrected chi connectivity index (χ4v) is 6.79. The van der Waals surface area contributed by atoms with Crippen LogP contribution in [0.4, 0.5) is 0 Å². The molecule has 2 saturated heterocycles. The summed E-state index contributed by atoms with van der Waals surface area (Å²) in [6.07, 6.45) is -2.33. The molecule has 2 aliphatic rings. The molecule has 0 unspecified atom stereocenters. The Morgan fingerprint density at radius 2 is 1.82 bits per heavy atom. The van der Waals surface area contributed by atoms with Crippen LogP contribution in [-0.2, 0) is 45.1 Å². The number of benzene rings is 2. The van der Waals surface area contributed by atoms with E-state index in [1.54, 1.807) is 38.1 Å². The van der Waals surface area contributed by atoms with E-state index in [-0.39, 0.29) is 17.3 Å². The standard InChI is InChI=1S/C27H35NO8S2/c1-18-10-12-20(13-11-18)38(30,31)28-21(17-37-15-14-22(29)32-4)23-24(33-16-19-8-6-5-7-9-19)25-26(34-23)36-27(2,3)35-25/h5-13,21,23-26,28H,14-17H2,1-4H3/t21-,23+,24-,25+,26+/m0/s1. The number of hydrogen-bond acceptors (Lipinski definition) is 9. The maximum absolute atomic E-state index is 13.4. The number of hydrogen-bond donors (Lipinski definition) is 1. The van der Waals surface area contributed by atoms with E-state index in [0.717, 1.165) is 11.1 Å². The van der Waals surface area contributed by atoms with Crippen molar-refractivity contribution in [2.75, 3.05) is 18.6 Å². The van der Waals surface area contributed by atoms with Crippen LogP contribution in [0.25, 0.3) is 0 Å². The van der Waals surface area contributed by atoms with Gasteiger partial charge in [0.25, 0.3) is 0 Å². The van der Waals surface area contributed by atoms with E-state index in [2.05, 4.69) is 4.72 Å². The summed E-state index contributed by atoms with van der Waals surface area (Å²) in [6.45, 7) is 5.80. The average Bonchev–Trinajstić information content (AvgIpc) is 3.36. The zero-order valence-corrected chi connectivity index (χ0v) is 23.6. The van der Waals surface area contributed by atoms with Gasteiger partial charge in [-0.15, -0.1) is 0 Å². The van der Waals surface area contributed by atoms with Gasteiger partial charge in [-0.25, -0.2) is 13.1 Å². The van der Waals surface area contributed by atoms with Crippen LogP contribution < -0.4 is 4.72 Å². The molecule has 0 aliphatic carbocycles. The second-order valence-electron chi connectivity index (χ2n) is 9.77. The monoisotopic (exact) mass is 565 g/mol. The molecule has 1 N–H and O–H groups in total. The van der Waals surface area contributed by atoms with Gasteiger partial charge in [0, 0.05) is 11.5 Å². The van der Waals surface area contributed by atoms with Crippen molar-refractivity contribution in [2.24, 2.45) is 0 Å². The molecule has 5 atom stereocenters. The molecule has 0 spiro atoms. The normalized spacial score (nSPS) is 25.2. The van der Waals surface area contributed by atoms with Crippen molar-refractivity contribution in [2.45, 2.75) is 75.1 Å². The molecule has 9 nitrogen and oxygen atoms in total. The average molecular weight is 566 g/mol. The number of sulfonamides is 1. The van der Waals surface area contributed by atoms with Crippen LogP contribution in [0.2, 0.25) is 0 Å². The van der Waals surface area contributed by atoms with Crippen LogP contribution >= 0.6 is 11.8 Å². The Morgan fingerprint density at radius 3 is 2.50 bits per heavy atom. The van der Waals surface area contributed by atoms with Crippen molar-refractivity contribution in [1.29, 1.82) is 0 Å². The molecule has 2 aromatic rings. The molecule has 11 heteroatoms. The van der Waals surface area contributed by atoms with E-state index in [0.29, 0.717) is 18.1 Å². The minimum Gasteiger partial charge on any atom is -0.469 e. The molecule has 2 aliphatic heterocycles. The SMILES string of the molecule is COC(=O)CCSC[C@H](NS(=O)(=O)c1ccc(C)cc1)[C@H]1O[C@@H]2OC(C)(C)O[C@@H]2[C@H]1OCc1ccccc1. The van der Waals surface area contributed by atoms with Crippen molar-refractivity contribution in [3.63, 3.8) is 0 Å². The Labute approximate surface area is 228 Å². The summed E-state index contributed by atoms with van der Waals surface area (Å²) in [5.74, 6) is -0.388. The predicted octanol–water partition coefficient (Wildman–Crippen LogP) is 3.40. The number of methoxy groups -OCH3 is 1. The van der Waals surface area contributed by atoms with Crippen LogP contribution in [0.3, 0.4) is 0 Å². The van der Waals surface area contributed by atoms with Gasteiger partial charge in [-0.2, -0.15) is 11.8 Å². The fourth-order valence-electron chi connectivity index (χ4n) is 4.43. The van der Waals surface area contributed by atoms with E-state index in [4.69, 9.17) is 23.7 Å². The highest BCUT2D eigenvalue weighted by Crippen LogP contribution is 2.40. The first kappa shape index (κ1) is 29.0. The number of nitrogens with one attached hydrogen (secondary N) is 1. The molecule has 2 aromatic carbocycles. The molecule has 4 rings (SSSR count). The number of carbonyl (C=O) groups excluding carboxylic acids is 1. The molecule has 208 valence electrons. The number of fused-ring (bicyclic) bond motifs is 1. The molecule has 2 fully saturated rings. The summed E-state index contributed by atoms with van der Waals surface area (Å²) >= 11 is 1.43. The first-order valence-corrected chi connectivity index (χ1v) is 15.1. The number of esters is 1. The zero-order valence-electron chi connectivity index (χ0n) is 22.0. The topological polar surface area (TPSA) is 109 Å². The van der Waals surface area contributed by atoms with Crippen LogP contribution in [-0.4, -0.2) is 69.4 Å². The van der Waals surface area contributed by atoms with Crippen molar-refractivity contribution >= 4 is 27.8 Å². The van der Waals surface area contributed by atoms with E-state index in [9.17, 15) is 13.2 Å². The van der Waals surface area contributed by atoms with E-state index in [1.165, 1.54) is 18.9 Å². The van der Waals surface area contributed by atoms with Gasteiger partial charge in [-0.1, -0.05) is 48.0 Å². The number of thioether (sulfide) groups is 1. The van der Waals surface area contributed by atoms with Crippen LogP contribution in [0.1, 0.15) is 31.4 Å². The van der Waals surface area contributed by atoms with Crippen LogP contribution in [0.15, 0.2) is 59.5 Å². The highest BCUT2D eigenvalue weighted by molar-refractivity contribution is 7.99. The minimum absolute atomic E-state index is 0.154. The summed E-state index contributed by atoms with van der Waals surface area (Å²) < 4.78 is 59.0. The molecular weight excluding hydrogens is 530 g/mol. The van der Waals surface area contributed by atoms with Gasteiger partial charge in [-0.3, -0.25) is 4.79 Å².